The van der Waals surface area contributed by atoms with Crippen LogP contribution in [-0.4, -0.2) is 0 Å². The fourth-order valence-corrected chi connectivity index (χ4v) is 2.85. The molecule has 0 spiro atoms. The second-order valence-electron chi connectivity index (χ2n) is 3.30. The quantitative estimate of drug-likeness (QED) is 0.780. The van der Waals surface area contributed by atoms with Crippen LogP contribution in [0.15, 0.2) is 15.9 Å². The van der Waals surface area contributed by atoms with Gasteiger partial charge in [0, 0.05) is 21.2 Å². The number of halogens is 1. The van der Waals surface area contributed by atoms with Crippen LogP contribution in [0.5, 0.6) is 0 Å². The highest BCUT2D eigenvalue weighted by molar-refractivity contribution is 9.10. The Morgan fingerprint density at radius 2 is 2.42 bits per heavy atom. The van der Waals surface area contributed by atoms with Crippen molar-refractivity contribution in [2.45, 2.75) is 19.3 Å². The van der Waals surface area contributed by atoms with E-state index >= 15 is 0 Å². The van der Waals surface area contributed by atoms with E-state index in [1.54, 1.807) is 11.3 Å². The highest BCUT2D eigenvalue weighted by Crippen LogP contribution is 2.48. The third-order valence-electron chi connectivity index (χ3n) is 2.23. The summed E-state index contributed by atoms with van der Waals surface area (Å²) in [6.45, 7) is 0. The Hall–Kier alpha value is -0.330. The molecule has 0 radical (unpaired) electrons. The molecule has 1 aliphatic rings. The molecule has 0 aromatic carbocycles. The molecule has 0 aliphatic heterocycles. The molecule has 1 saturated carbocycles. The molecule has 62 valence electrons. The summed E-state index contributed by atoms with van der Waals surface area (Å²) in [5.74, 6) is 0. The first-order valence-electron chi connectivity index (χ1n) is 3.88. The van der Waals surface area contributed by atoms with Crippen LogP contribution in [-0.2, 0) is 6.42 Å². The first kappa shape index (κ1) is 8.28. The molecule has 0 unspecified atom stereocenters. The van der Waals surface area contributed by atoms with E-state index in [1.807, 2.05) is 0 Å². The molecule has 0 N–H and O–H groups in total. The van der Waals surface area contributed by atoms with Gasteiger partial charge in [-0.05, 0) is 34.8 Å². The van der Waals surface area contributed by atoms with Gasteiger partial charge in [0.05, 0.1) is 11.5 Å². The lowest BCUT2D eigenvalue weighted by Crippen LogP contribution is -1.98. The maximum absolute atomic E-state index is 8.87. The Morgan fingerprint density at radius 1 is 1.67 bits per heavy atom. The van der Waals surface area contributed by atoms with E-state index in [2.05, 4.69) is 33.4 Å². The lowest BCUT2D eigenvalue weighted by molar-refractivity contribution is 0.673. The van der Waals surface area contributed by atoms with E-state index in [1.165, 1.54) is 4.88 Å². The van der Waals surface area contributed by atoms with E-state index in [4.69, 9.17) is 5.26 Å². The van der Waals surface area contributed by atoms with Gasteiger partial charge in [0.25, 0.3) is 0 Å². The van der Waals surface area contributed by atoms with Crippen LogP contribution in [0, 0.1) is 16.7 Å². The number of rotatable bonds is 2. The van der Waals surface area contributed by atoms with Crippen LogP contribution in [0.25, 0.3) is 0 Å². The molecule has 1 heterocycles. The second kappa shape index (κ2) is 2.86. The average molecular weight is 242 g/mol. The standard InChI is InChI=1S/C9H8BrNS/c10-7-3-8(12-5-7)4-9(6-11)1-2-9/h3,5H,1-2,4H2. The summed E-state index contributed by atoms with van der Waals surface area (Å²) < 4.78 is 1.14. The third-order valence-corrected chi connectivity index (χ3v) is 3.92. The number of hydrogen-bond acceptors (Lipinski definition) is 2. The van der Waals surface area contributed by atoms with Crippen molar-refractivity contribution < 1.29 is 0 Å². The summed E-state index contributed by atoms with van der Waals surface area (Å²) >= 11 is 5.14. The Balaban J connectivity index is 2.10. The van der Waals surface area contributed by atoms with Crippen LogP contribution in [0.2, 0.25) is 0 Å². The van der Waals surface area contributed by atoms with Gasteiger partial charge in [0.15, 0.2) is 0 Å². The second-order valence-corrected chi connectivity index (χ2v) is 5.21. The molecular formula is C9H8BrNS. The molecule has 1 fully saturated rings. The van der Waals surface area contributed by atoms with Gasteiger partial charge < -0.3 is 0 Å². The first-order valence-corrected chi connectivity index (χ1v) is 5.56. The topological polar surface area (TPSA) is 23.8 Å². The molecule has 1 aromatic heterocycles. The fraction of sp³-hybridized carbons (Fsp3) is 0.444. The van der Waals surface area contributed by atoms with Crippen LogP contribution < -0.4 is 0 Å². The van der Waals surface area contributed by atoms with Crippen molar-refractivity contribution in [1.29, 1.82) is 5.26 Å². The van der Waals surface area contributed by atoms with Crippen LogP contribution >= 0.6 is 27.3 Å². The summed E-state index contributed by atoms with van der Waals surface area (Å²) in [6.07, 6.45) is 3.11. The number of hydrogen-bond donors (Lipinski definition) is 0. The first-order chi connectivity index (χ1) is 5.74. The third kappa shape index (κ3) is 1.55. The molecule has 0 atom stereocenters. The number of nitriles is 1. The Kier molecular flexibility index (Phi) is 1.97. The molecule has 1 aliphatic carbocycles. The largest absolute Gasteiger partial charge is 0.198 e. The monoisotopic (exact) mass is 241 g/mol. The number of nitrogens with zero attached hydrogens (tertiary/aromatic N) is 1. The van der Waals surface area contributed by atoms with Gasteiger partial charge in [-0.3, -0.25) is 0 Å². The normalized spacial score (nSPS) is 18.7. The molecular weight excluding hydrogens is 234 g/mol. The van der Waals surface area contributed by atoms with Crippen molar-refractivity contribution >= 4 is 27.3 Å². The van der Waals surface area contributed by atoms with Crippen LogP contribution in [0.3, 0.4) is 0 Å². The lowest BCUT2D eigenvalue weighted by atomic mass is 10.0. The van der Waals surface area contributed by atoms with Crippen molar-refractivity contribution in [2.75, 3.05) is 0 Å². The Labute approximate surface area is 84.2 Å². The average Bonchev–Trinajstić information content (AvgIpc) is 2.71. The van der Waals surface area contributed by atoms with Gasteiger partial charge in [-0.15, -0.1) is 11.3 Å². The van der Waals surface area contributed by atoms with Gasteiger partial charge in [-0.2, -0.15) is 5.26 Å². The van der Waals surface area contributed by atoms with Gasteiger partial charge in [-0.25, -0.2) is 0 Å². The van der Waals surface area contributed by atoms with E-state index < -0.39 is 0 Å². The molecule has 1 aromatic rings. The summed E-state index contributed by atoms with van der Waals surface area (Å²) in [6, 6.07) is 4.51. The molecule has 3 heteroatoms. The van der Waals surface area contributed by atoms with Crippen molar-refractivity contribution in [3.8, 4) is 6.07 Å². The van der Waals surface area contributed by atoms with E-state index in [0.717, 1.165) is 23.7 Å². The maximum atomic E-state index is 8.87. The molecule has 2 rings (SSSR count). The van der Waals surface area contributed by atoms with Gasteiger partial charge >= 0.3 is 0 Å². The number of thiophene rings is 1. The van der Waals surface area contributed by atoms with Crippen LogP contribution in [0.4, 0.5) is 0 Å². The summed E-state index contributed by atoms with van der Waals surface area (Å²) in [7, 11) is 0. The highest BCUT2D eigenvalue weighted by atomic mass is 79.9. The molecule has 1 nitrogen and oxygen atoms in total. The SMILES string of the molecule is N#CC1(Cc2cc(Br)cs2)CC1. The van der Waals surface area contributed by atoms with Crippen molar-refractivity contribution in [3.05, 3.63) is 20.8 Å². The van der Waals surface area contributed by atoms with Crippen molar-refractivity contribution in [3.63, 3.8) is 0 Å². The molecule has 12 heavy (non-hydrogen) atoms. The van der Waals surface area contributed by atoms with Gasteiger partial charge in [0.1, 0.15) is 0 Å². The van der Waals surface area contributed by atoms with Crippen LogP contribution in [0.1, 0.15) is 17.7 Å². The molecule has 0 saturated heterocycles. The molecule has 0 amide bonds. The van der Waals surface area contributed by atoms with E-state index in [9.17, 15) is 0 Å². The predicted molar refractivity (Wildman–Crippen MR) is 53.0 cm³/mol. The summed E-state index contributed by atoms with van der Waals surface area (Å²) in [5, 5.41) is 10.9. The highest BCUT2D eigenvalue weighted by Gasteiger charge is 2.43. The molecule has 0 bridgehead atoms. The fourth-order valence-electron chi connectivity index (χ4n) is 1.26. The maximum Gasteiger partial charge on any atom is 0.0693 e. The zero-order valence-corrected chi connectivity index (χ0v) is 8.91. The van der Waals surface area contributed by atoms with Crippen molar-refractivity contribution in [1.82, 2.24) is 0 Å². The van der Waals surface area contributed by atoms with E-state index in [0.29, 0.717) is 0 Å². The summed E-state index contributed by atoms with van der Waals surface area (Å²) in [4.78, 5) is 1.32. The Morgan fingerprint density at radius 3 is 2.83 bits per heavy atom. The van der Waals surface area contributed by atoms with Gasteiger partial charge in [0.2, 0.25) is 0 Å². The Bertz CT molecular complexity index is 333. The van der Waals surface area contributed by atoms with Crippen molar-refractivity contribution in [2.24, 2.45) is 5.41 Å². The zero-order chi connectivity index (χ0) is 8.60. The lowest BCUT2D eigenvalue weighted by Gasteiger charge is -2.00. The smallest absolute Gasteiger partial charge is 0.0693 e. The van der Waals surface area contributed by atoms with Gasteiger partial charge in [-0.1, -0.05) is 0 Å². The minimum absolute atomic E-state index is 0.00426. The minimum Gasteiger partial charge on any atom is -0.198 e. The predicted octanol–water partition coefficient (Wildman–Crippen LogP) is 3.36. The minimum atomic E-state index is 0.00426. The van der Waals surface area contributed by atoms with E-state index in [-0.39, 0.29) is 5.41 Å². The zero-order valence-electron chi connectivity index (χ0n) is 6.51. The summed E-state index contributed by atoms with van der Waals surface area (Å²) in [5.41, 5.74) is 0.00426.